The lowest BCUT2D eigenvalue weighted by molar-refractivity contribution is 0.0941. The van der Waals surface area contributed by atoms with Crippen LogP contribution in [-0.4, -0.2) is 24.4 Å². The molecule has 0 fully saturated rings. The monoisotopic (exact) mass is 336 g/mol. The first-order valence-corrected chi connectivity index (χ1v) is 8.92. The van der Waals surface area contributed by atoms with Crippen LogP contribution in [0.15, 0.2) is 22.9 Å². The third-order valence-corrected chi connectivity index (χ3v) is 5.41. The van der Waals surface area contributed by atoms with Crippen molar-refractivity contribution in [2.24, 2.45) is 0 Å². The van der Waals surface area contributed by atoms with E-state index in [1.54, 1.807) is 0 Å². The predicted octanol–water partition coefficient (Wildman–Crippen LogP) is 3.36. The Morgan fingerprint density at radius 1 is 1.05 bits per heavy atom. The molecule has 2 aromatic heterocycles. The Kier molecular flexibility index (Phi) is 5.74. The number of carbonyl (C=O) groups is 2. The Bertz CT molecular complexity index is 661. The van der Waals surface area contributed by atoms with Gasteiger partial charge in [0.1, 0.15) is 0 Å². The zero-order chi connectivity index (χ0) is 16.1. The molecule has 6 heteroatoms. The summed E-state index contributed by atoms with van der Waals surface area (Å²) in [4.78, 5) is 25.6. The second kappa shape index (κ2) is 7.56. The van der Waals surface area contributed by atoms with Crippen LogP contribution in [0.2, 0.25) is 0 Å². The molecule has 0 aliphatic rings. The van der Waals surface area contributed by atoms with Gasteiger partial charge in [0.25, 0.3) is 11.8 Å². The molecule has 0 saturated carbocycles. The summed E-state index contributed by atoms with van der Waals surface area (Å²) in [5, 5.41) is 9.69. The van der Waals surface area contributed by atoms with Crippen molar-refractivity contribution < 1.29 is 9.59 Å². The summed E-state index contributed by atoms with van der Waals surface area (Å²) in [6.45, 7) is 6.35. The van der Waals surface area contributed by atoms with Crippen LogP contribution in [-0.2, 0) is 0 Å². The van der Waals surface area contributed by atoms with Crippen LogP contribution in [0.4, 0.5) is 0 Å². The fourth-order valence-corrected chi connectivity index (χ4v) is 3.72. The van der Waals surface area contributed by atoms with Crippen LogP contribution in [0.25, 0.3) is 0 Å². The molecule has 0 radical (unpaired) electrons. The molecule has 2 heterocycles. The third kappa shape index (κ3) is 4.18. The fourth-order valence-electron chi connectivity index (χ4n) is 2.05. The molecule has 22 heavy (non-hydrogen) atoms. The maximum atomic E-state index is 12.1. The van der Waals surface area contributed by atoms with Gasteiger partial charge < -0.3 is 10.6 Å². The quantitative estimate of drug-likeness (QED) is 0.850. The van der Waals surface area contributed by atoms with E-state index in [9.17, 15) is 9.59 Å². The van der Waals surface area contributed by atoms with Gasteiger partial charge in [0.05, 0.1) is 9.75 Å². The smallest absolute Gasteiger partial charge is 0.261 e. The van der Waals surface area contributed by atoms with Crippen molar-refractivity contribution in [1.29, 1.82) is 0 Å². The van der Waals surface area contributed by atoms with Gasteiger partial charge in [-0.15, -0.1) is 22.7 Å². The van der Waals surface area contributed by atoms with Gasteiger partial charge in [-0.05, 0) is 61.2 Å². The SMILES string of the molecule is Cc1ccsc1C(=O)NCC[C@@H](C)NC(=O)c1sccc1C. The van der Waals surface area contributed by atoms with Crippen LogP contribution >= 0.6 is 22.7 Å². The van der Waals surface area contributed by atoms with E-state index in [0.29, 0.717) is 13.0 Å². The van der Waals surface area contributed by atoms with Crippen LogP contribution in [0, 0.1) is 13.8 Å². The van der Waals surface area contributed by atoms with Gasteiger partial charge in [-0.25, -0.2) is 0 Å². The third-order valence-electron chi connectivity index (χ3n) is 3.38. The Hall–Kier alpha value is -1.66. The number of hydrogen-bond acceptors (Lipinski definition) is 4. The van der Waals surface area contributed by atoms with Crippen molar-refractivity contribution in [2.45, 2.75) is 33.2 Å². The Morgan fingerprint density at radius 3 is 2.09 bits per heavy atom. The topological polar surface area (TPSA) is 58.2 Å². The summed E-state index contributed by atoms with van der Waals surface area (Å²) >= 11 is 2.89. The van der Waals surface area contributed by atoms with E-state index in [-0.39, 0.29) is 17.9 Å². The van der Waals surface area contributed by atoms with Gasteiger partial charge in [-0.1, -0.05) is 0 Å². The Balaban J connectivity index is 1.75. The molecule has 0 bridgehead atoms. The van der Waals surface area contributed by atoms with Gasteiger partial charge >= 0.3 is 0 Å². The summed E-state index contributed by atoms with van der Waals surface area (Å²) in [6, 6.07) is 3.89. The zero-order valence-corrected chi connectivity index (χ0v) is 14.6. The van der Waals surface area contributed by atoms with Gasteiger partial charge in [0.2, 0.25) is 0 Å². The molecule has 2 amide bonds. The predicted molar refractivity (Wildman–Crippen MR) is 92.0 cm³/mol. The van der Waals surface area contributed by atoms with Crippen molar-refractivity contribution in [1.82, 2.24) is 10.6 Å². The molecule has 0 aromatic carbocycles. The van der Waals surface area contributed by atoms with Gasteiger partial charge in [0.15, 0.2) is 0 Å². The first-order chi connectivity index (χ1) is 10.5. The molecule has 2 N–H and O–H groups in total. The number of carbonyl (C=O) groups excluding carboxylic acids is 2. The average molecular weight is 336 g/mol. The van der Waals surface area contributed by atoms with Gasteiger partial charge in [-0.3, -0.25) is 9.59 Å². The van der Waals surface area contributed by atoms with Gasteiger partial charge in [-0.2, -0.15) is 0 Å². The van der Waals surface area contributed by atoms with E-state index in [2.05, 4.69) is 10.6 Å². The second-order valence-corrected chi connectivity index (χ2v) is 7.12. The molecule has 2 rings (SSSR count). The summed E-state index contributed by atoms with van der Waals surface area (Å²) in [7, 11) is 0. The highest BCUT2D eigenvalue weighted by Gasteiger charge is 2.14. The zero-order valence-electron chi connectivity index (χ0n) is 12.9. The standard InChI is InChI=1S/C16H20N2O2S2/c1-10-5-8-21-13(10)15(19)17-7-4-12(3)18-16(20)14-11(2)6-9-22-14/h5-6,8-9,12H,4,7H2,1-3H3,(H,17,19)(H,18,20)/t12-/m1/s1. The highest BCUT2D eigenvalue weighted by atomic mass is 32.1. The number of rotatable bonds is 6. The molecule has 0 aliphatic carbocycles. The highest BCUT2D eigenvalue weighted by molar-refractivity contribution is 7.12. The molecule has 0 aliphatic heterocycles. The Labute approximate surface area is 138 Å². The number of hydrogen-bond donors (Lipinski definition) is 2. The minimum absolute atomic E-state index is 0.0127. The lowest BCUT2D eigenvalue weighted by atomic mass is 10.2. The molecule has 0 unspecified atom stereocenters. The van der Waals surface area contributed by atoms with E-state index in [1.807, 2.05) is 43.7 Å². The molecular formula is C16H20N2O2S2. The van der Waals surface area contributed by atoms with E-state index in [4.69, 9.17) is 0 Å². The van der Waals surface area contributed by atoms with Crippen LogP contribution in [0.3, 0.4) is 0 Å². The minimum Gasteiger partial charge on any atom is -0.351 e. The van der Waals surface area contributed by atoms with Crippen molar-refractivity contribution in [3.63, 3.8) is 0 Å². The molecular weight excluding hydrogens is 316 g/mol. The summed E-state index contributed by atoms with van der Waals surface area (Å²) < 4.78 is 0. The van der Waals surface area contributed by atoms with Crippen molar-refractivity contribution in [3.05, 3.63) is 43.8 Å². The lowest BCUT2D eigenvalue weighted by Gasteiger charge is -2.14. The normalized spacial score (nSPS) is 12.0. The van der Waals surface area contributed by atoms with E-state index in [1.165, 1.54) is 22.7 Å². The average Bonchev–Trinajstić information content (AvgIpc) is 3.07. The molecule has 2 aromatic rings. The number of aryl methyl sites for hydroxylation is 2. The van der Waals surface area contributed by atoms with Crippen LogP contribution < -0.4 is 10.6 Å². The molecule has 0 spiro atoms. The lowest BCUT2D eigenvalue weighted by Crippen LogP contribution is -2.36. The van der Waals surface area contributed by atoms with Gasteiger partial charge in [0, 0.05) is 12.6 Å². The molecule has 1 atom stereocenters. The van der Waals surface area contributed by atoms with Crippen molar-refractivity contribution in [3.8, 4) is 0 Å². The molecule has 4 nitrogen and oxygen atoms in total. The van der Waals surface area contributed by atoms with Crippen LogP contribution in [0.1, 0.15) is 43.8 Å². The first kappa shape index (κ1) is 16.7. The Morgan fingerprint density at radius 2 is 1.59 bits per heavy atom. The van der Waals surface area contributed by atoms with Crippen LogP contribution in [0.5, 0.6) is 0 Å². The van der Waals surface area contributed by atoms with Crippen molar-refractivity contribution in [2.75, 3.05) is 6.54 Å². The summed E-state index contributed by atoms with van der Waals surface area (Å²) in [5.41, 5.74) is 1.99. The second-order valence-electron chi connectivity index (χ2n) is 5.28. The highest BCUT2D eigenvalue weighted by Crippen LogP contribution is 2.16. The number of amides is 2. The first-order valence-electron chi connectivity index (χ1n) is 7.16. The summed E-state index contributed by atoms with van der Waals surface area (Å²) in [5.74, 6) is -0.0828. The van der Waals surface area contributed by atoms with Crippen molar-refractivity contribution >= 4 is 34.5 Å². The van der Waals surface area contributed by atoms with E-state index < -0.39 is 0 Å². The van der Waals surface area contributed by atoms with E-state index in [0.717, 1.165) is 20.9 Å². The molecule has 118 valence electrons. The number of thiophene rings is 2. The molecule has 0 saturated heterocycles. The summed E-state index contributed by atoms with van der Waals surface area (Å²) in [6.07, 6.45) is 0.701. The maximum Gasteiger partial charge on any atom is 0.261 e. The minimum atomic E-state index is -0.0415. The van der Waals surface area contributed by atoms with E-state index >= 15 is 0 Å². The fraction of sp³-hybridized carbons (Fsp3) is 0.375. The largest absolute Gasteiger partial charge is 0.351 e. The number of nitrogens with one attached hydrogen (secondary N) is 2. The maximum absolute atomic E-state index is 12.1.